The van der Waals surface area contributed by atoms with Crippen molar-refractivity contribution in [2.24, 2.45) is 0 Å². The number of hydrogen-bond donors (Lipinski definition) is 1. The SMILES string of the molecule is Cc1cccc([C@@H](C=O)NC2CC(F)(F)C2)n1. The number of hydrogen-bond acceptors (Lipinski definition) is 3. The number of halogens is 2. The Balaban J connectivity index is 2.00. The summed E-state index contributed by atoms with van der Waals surface area (Å²) in [6, 6.07) is 4.43. The van der Waals surface area contributed by atoms with E-state index in [-0.39, 0.29) is 18.9 Å². The monoisotopic (exact) mass is 240 g/mol. The van der Waals surface area contributed by atoms with E-state index in [4.69, 9.17) is 0 Å². The van der Waals surface area contributed by atoms with E-state index in [1.165, 1.54) is 0 Å². The van der Waals surface area contributed by atoms with Gasteiger partial charge in [-0.2, -0.15) is 0 Å². The highest BCUT2D eigenvalue weighted by Gasteiger charge is 2.45. The average Bonchev–Trinajstić information content (AvgIpc) is 2.23. The summed E-state index contributed by atoms with van der Waals surface area (Å²) in [5, 5.41) is 2.89. The van der Waals surface area contributed by atoms with Crippen LogP contribution in [0.15, 0.2) is 18.2 Å². The van der Waals surface area contributed by atoms with Crippen LogP contribution in [0, 0.1) is 6.92 Å². The summed E-state index contributed by atoms with van der Waals surface area (Å²) >= 11 is 0. The Morgan fingerprint density at radius 1 is 1.53 bits per heavy atom. The summed E-state index contributed by atoms with van der Waals surface area (Å²) < 4.78 is 25.3. The highest BCUT2D eigenvalue weighted by Crippen LogP contribution is 2.38. The second-order valence-electron chi connectivity index (χ2n) is 4.45. The van der Waals surface area contributed by atoms with Gasteiger partial charge in [-0.3, -0.25) is 10.3 Å². The van der Waals surface area contributed by atoms with Gasteiger partial charge < -0.3 is 4.79 Å². The average molecular weight is 240 g/mol. The van der Waals surface area contributed by atoms with Crippen molar-refractivity contribution in [3.8, 4) is 0 Å². The predicted octanol–water partition coefficient (Wildman–Crippen LogP) is 2.02. The second kappa shape index (κ2) is 4.49. The molecule has 1 saturated carbocycles. The van der Waals surface area contributed by atoms with Gasteiger partial charge in [0.25, 0.3) is 5.92 Å². The van der Waals surface area contributed by atoms with Gasteiger partial charge in [0.1, 0.15) is 12.3 Å². The van der Waals surface area contributed by atoms with Crippen molar-refractivity contribution in [1.29, 1.82) is 0 Å². The molecule has 0 bridgehead atoms. The third-order valence-corrected chi connectivity index (χ3v) is 2.87. The molecular formula is C12H14F2N2O. The van der Waals surface area contributed by atoms with Crippen LogP contribution >= 0.6 is 0 Å². The molecule has 0 amide bonds. The van der Waals surface area contributed by atoms with Crippen LogP contribution in [0.4, 0.5) is 8.78 Å². The van der Waals surface area contributed by atoms with Crippen molar-refractivity contribution >= 4 is 6.29 Å². The Morgan fingerprint density at radius 3 is 2.76 bits per heavy atom. The molecule has 1 heterocycles. The lowest BCUT2D eigenvalue weighted by Gasteiger charge is -2.36. The van der Waals surface area contributed by atoms with Gasteiger partial charge in [0, 0.05) is 24.6 Å². The zero-order chi connectivity index (χ0) is 12.5. The van der Waals surface area contributed by atoms with E-state index in [2.05, 4.69) is 10.3 Å². The molecule has 1 atom stereocenters. The van der Waals surface area contributed by atoms with Gasteiger partial charge in [0.05, 0.1) is 5.69 Å². The fourth-order valence-corrected chi connectivity index (χ4v) is 1.96. The molecule has 0 radical (unpaired) electrons. The van der Waals surface area contributed by atoms with Crippen molar-refractivity contribution in [1.82, 2.24) is 10.3 Å². The molecule has 1 N–H and O–H groups in total. The van der Waals surface area contributed by atoms with Gasteiger partial charge in [-0.25, -0.2) is 8.78 Å². The minimum absolute atomic E-state index is 0.205. The summed E-state index contributed by atoms with van der Waals surface area (Å²) in [7, 11) is 0. The maximum Gasteiger partial charge on any atom is 0.251 e. The van der Waals surface area contributed by atoms with Crippen molar-refractivity contribution in [2.75, 3.05) is 0 Å². The standard InChI is InChI=1S/C12H14F2N2O/c1-8-3-2-4-10(15-8)11(7-17)16-9-5-12(13,14)6-9/h2-4,7,9,11,16H,5-6H2,1H3/t11-/m1/s1. The van der Waals surface area contributed by atoms with Crippen molar-refractivity contribution < 1.29 is 13.6 Å². The molecule has 92 valence electrons. The number of aromatic nitrogens is 1. The molecule has 5 heteroatoms. The van der Waals surface area contributed by atoms with Gasteiger partial charge in [-0.1, -0.05) is 6.07 Å². The molecule has 0 aromatic carbocycles. The van der Waals surface area contributed by atoms with Crippen LogP contribution in [-0.4, -0.2) is 23.2 Å². The topological polar surface area (TPSA) is 42.0 Å². The smallest absolute Gasteiger partial charge is 0.251 e. The number of carbonyl (C=O) groups is 1. The van der Waals surface area contributed by atoms with Crippen molar-refractivity contribution in [3.63, 3.8) is 0 Å². The number of carbonyl (C=O) groups excluding carboxylic acids is 1. The Hall–Kier alpha value is -1.36. The lowest BCUT2D eigenvalue weighted by Crippen LogP contribution is -2.49. The van der Waals surface area contributed by atoms with Crippen molar-refractivity contribution in [2.45, 2.75) is 37.8 Å². The molecule has 1 aromatic heterocycles. The Bertz CT molecular complexity index is 415. The van der Waals surface area contributed by atoms with Crippen LogP contribution < -0.4 is 5.32 Å². The summed E-state index contributed by atoms with van der Waals surface area (Å²) in [4.78, 5) is 15.2. The van der Waals surface area contributed by atoms with Crippen LogP contribution in [0.1, 0.15) is 30.3 Å². The van der Waals surface area contributed by atoms with Crippen LogP contribution in [0.2, 0.25) is 0 Å². The summed E-state index contributed by atoms with van der Waals surface area (Å²) in [6.45, 7) is 1.82. The fraction of sp³-hybridized carbons (Fsp3) is 0.500. The van der Waals surface area contributed by atoms with Gasteiger partial charge in [-0.05, 0) is 19.1 Å². The number of rotatable bonds is 4. The van der Waals surface area contributed by atoms with E-state index in [1.807, 2.05) is 13.0 Å². The first-order chi connectivity index (χ1) is 8.00. The second-order valence-corrected chi connectivity index (χ2v) is 4.45. The number of alkyl halides is 2. The summed E-state index contributed by atoms with van der Waals surface area (Å²) in [5.41, 5.74) is 1.38. The van der Waals surface area contributed by atoms with Crippen LogP contribution in [0.3, 0.4) is 0 Å². The zero-order valence-corrected chi connectivity index (χ0v) is 9.49. The highest BCUT2D eigenvalue weighted by atomic mass is 19.3. The number of aldehydes is 1. The molecule has 2 rings (SSSR count). The molecule has 1 aliphatic carbocycles. The van der Waals surface area contributed by atoms with Crippen LogP contribution in [0.25, 0.3) is 0 Å². The lowest BCUT2D eigenvalue weighted by atomic mass is 9.87. The predicted molar refractivity (Wildman–Crippen MR) is 58.9 cm³/mol. The van der Waals surface area contributed by atoms with Gasteiger partial charge in [-0.15, -0.1) is 0 Å². The minimum atomic E-state index is -2.58. The summed E-state index contributed by atoms with van der Waals surface area (Å²) in [5.74, 6) is -2.58. The molecule has 1 aliphatic rings. The number of nitrogens with one attached hydrogen (secondary N) is 1. The number of nitrogens with zero attached hydrogens (tertiary/aromatic N) is 1. The maximum atomic E-state index is 12.7. The molecule has 1 fully saturated rings. The Kier molecular flexibility index (Phi) is 3.19. The van der Waals surface area contributed by atoms with E-state index in [0.29, 0.717) is 12.0 Å². The van der Waals surface area contributed by atoms with E-state index in [9.17, 15) is 13.6 Å². The highest BCUT2D eigenvalue weighted by molar-refractivity contribution is 5.60. The Labute approximate surface area is 98.2 Å². The fourth-order valence-electron chi connectivity index (χ4n) is 1.96. The normalized spacial score (nSPS) is 20.6. The zero-order valence-electron chi connectivity index (χ0n) is 9.49. The van der Waals surface area contributed by atoms with Crippen molar-refractivity contribution in [3.05, 3.63) is 29.6 Å². The first-order valence-electron chi connectivity index (χ1n) is 5.53. The van der Waals surface area contributed by atoms with E-state index in [1.54, 1.807) is 12.1 Å². The molecule has 0 aliphatic heterocycles. The quantitative estimate of drug-likeness (QED) is 0.819. The molecular weight excluding hydrogens is 226 g/mol. The number of aryl methyl sites for hydroxylation is 1. The minimum Gasteiger partial charge on any atom is -0.301 e. The van der Waals surface area contributed by atoms with E-state index < -0.39 is 12.0 Å². The van der Waals surface area contributed by atoms with Crippen LogP contribution in [-0.2, 0) is 4.79 Å². The largest absolute Gasteiger partial charge is 0.301 e. The molecule has 1 aromatic rings. The first kappa shape index (κ1) is 12.1. The third kappa shape index (κ3) is 2.85. The van der Waals surface area contributed by atoms with Crippen LogP contribution in [0.5, 0.6) is 0 Å². The molecule has 0 unspecified atom stereocenters. The first-order valence-corrected chi connectivity index (χ1v) is 5.53. The maximum absolute atomic E-state index is 12.7. The van der Waals surface area contributed by atoms with E-state index >= 15 is 0 Å². The van der Waals surface area contributed by atoms with E-state index in [0.717, 1.165) is 5.69 Å². The molecule has 3 nitrogen and oxygen atoms in total. The molecule has 0 spiro atoms. The molecule has 17 heavy (non-hydrogen) atoms. The van der Waals surface area contributed by atoms with Gasteiger partial charge in [0.2, 0.25) is 0 Å². The Morgan fingerprint density at radius 2 is 2.24 bits per heavy atom. The summed E-state index contributed by atoms with van der Waals surface area (Å²) in [6.07, 6.45) is 0.296. The lowest BCUT2D eigenvalue weighted by molar-refractivity contribution is -0.114. The molecule has 0 saturated heterocycles. The van der Waals surface area contributed by atoms with Gasteiger partial charge >= 0.3 is 0 Å². The third-order valence-electron chi connectivity index (χ3n) is 2.87. The number of pyridine rings is 1. The van der Waals surface area contributed by atoms with Gasteiger partial charge in [0.15, 0.2) is 0 Å².